The van der Waals surface area contributed by atoms with E-state index < -0.39 is 5.69 Å². The van der Waals surface area contributed by atoms with E-state index in [-0.39, 0.29) is 12.1 Å². The second-order valence-corrected chi connectivity index (χ2v) is 8.82. The highest BCUT2D eigenvalue weighted by Gasteiger charge is 2.23. The Morgan fingerprint density at radius 1 is 0.800 bits per heavy atom. The van der Waals surface area contributed by atoms with Crippen molar-refractivity contribution in [3.63, 3.8) is 0 Å². The quantitative estimate of drug-likeness (QED) is 0.368. The van der Waals surface area contributed by atoms with Gasteiger partial charge >= 0.3 is 5.69 Å². The first-order chi connectivity index (χ1) is 17.0. The molecule has 0 amide bonds. The lowest BCUT2D eigenvalue weighted by Gasteiger charge is -2.16. The normalized spacial score (nSPS) is 11.0. The molecule has 0 spiro atoms. The topological polar surface area (TPSA) is 95.9 Å². The Kier molecular flexibility index (Phi) is 6.00. The van der Waals surface area contributed by atoms with Crippen LogP contribution in [0.25, 0.3) is 27.9 Å². The van der Waals surface area contributed by atoms with E-state index in [1.54, 1.807) is 48.5 Å². The van der Waals surface area contributed by atoms with Crippen molar-refractivity contribution in [2.24, 2.45) is 0 Å². The fourth-order valence-electron chi connectivity index (χ4n) is 4.06. The van der Waals surface area contributed by atoms with Crippen LogP contribution in [0.2, 0.25) is 10.0 Å². The minimum Gasteiger partial charge on any atom is -0.267 e. The summed E-state index contributed by atoms with van der Waals surface area (Å²) in [6.07, 6.45) is 0.294. The van der Waals surface area contributed by atoms with Gasteiger partial charge in [-0.25, -0.2) is 14.6 Å². The molecule has 0 radical (unpaired) electrons. The first-order valence-corrected chi connectivity index (χ1v) is 11.4. The standard InChI is InChI=1S/C26H17Cl2N5O2/c27-20-9-5-18(6-10-20)22-23(19-7-11-21(28)12-8-19)25(34)32(33-24(22)30-31-26(33)35)15-17-3-1-16(2-4-17)13-14-29/h1-12H,13,15H2,(H,31,35). The molecule has 0 aliphatic rings. The van der Waals surface area contributed by atoms with Crippen LogP contribution in [-0.2, 0) is 13.0 Å². The van der Waals surface area contributed by atoms with Crippen molar-refractivity contribution in [1.82, 2.24) is 19.4 Å². The minimum absolute atomic E-state index is 0.128. The zero-order valence-corrected chi connectivity index (χ0v) is 19.7. The maximum Gasteiger partial charge on any atom is 0.363 e. The van der Waals surface area contributed by atoms with Crippen molar-refractivity contribution < 1.29 is 0 Å². The number of fused-ring (bicyclic) bond motifs is 1. The fraction of sp³-hybridized carbons (Fsp3) is 0.0769. The Hall–Kier alpha value is -4.12. The molecule has 0 unspecified atom stereocenters. The Morgan fingerprint density at radius 3 is 1.91 bits per heavy atom. The second-order valence-electron chi connectivity index (χ2n) is 7.94. The Balaban J connectivity index is 1.80. The van der Waals surface area contributed by atoms with E-state index in [1.807, 2.05) is 24.3 Å². The SMILES string of the molecule is N#CCc1ccc(Cn2c(=O)c(-c3ccc(Cl)cc3)c(-c3ccc(Cl)cc3)c3n[nH]c(=O)n32)cc1. The van der Waals surface area contributed by atoms with Crippen molar-refractivity contribution in [2.45, 2.75) is 13.0 Å². The van der Waals surface area contributed by atoms with Gasteiger partial charge in [-0.15, -0.1) is 0 Å². The predicted octanol–water partition coefficient (Wildman–Crippen LogP) is 4.94. The molecule has 5 aromatic rings. The number of H-pyrrole nitrogens is 1. The van der Waals surface area contributed by atoms with Crippen LogP contribution >= 0.6 is 23.2 Å². The first-order valence-electron chi connectivity index (χ1n) is 10.7. The monoisotopic (exact) mass is 501 g/mol. The summed E-state index contributed by atoms with van der Waals surface area (Å²) in [5.74, 6) is 0. The lowest BCUT2D eigenvalue weighted by Crippen LogP contribution is -2.33. The zero-order chi connectivity index (χ0) is 24.5. The van der Waals surface area contributed by atoms with E-state index in [2.05, 4.69) is 16.3 Å². The van der Waals surface area contributed by atoms with Crippen molar-refractivity contribution >= 4 is 28.8 Å². The molecular weight excluding hydrogens is 485 g/mol. The molecule has 3 aromatic carbocycles. The molecule has 0 saturated carbocycles. The summed E-state index contributed by atoms with van der Waals surface area (Å²) in [5.41, 5.74) is 3.30. The molecule has 0 saturated heterocycles. The number of hydrogen-bond donors (Lipinski definition) is 1. The predicted molar refractivity (Wildman–Crippen MR) is 136 cm³/mol. The van der Waals surface area contributed by atoms with Crippen LogP contribution in [0.1, 0.15) is 11.1 Å². The van der Waals surface area contributed by atoms with Gasteiger partial charge in [-0.1, -0.05) is 71.7 Å². The van der Waals surface area contributed by atoms with Crippen LogP contribution in [0, 0.1) is 11.3 Å². The number of aromatic nitrogens is 4. The van der Waals surface area contributed by atoms with Crippen molar-refractivity contribution in [3.05, 3.63) is 115 Å². The van der Waals surface area contributed by atoms with Crippen LogP contribution < -0.4 is 11.2 Å². The van der Waals surface area contributed by atoms with Gasteiger partial charge in [0.25, 0.3) is 5.56 Å². The molecule has 7 nitrogen and oxygen atoms in total. The van der Waals surface area contributed by atoms with Crippen LogP contribution in [0.3, 0.4) is 0 Å². The van der Waals surface area contributed by atoms with Gasteiger partial charge < -0.3 is 0 Å². The van der Waals surface area contributed by atoms with Gasteiger partial charge in [0.2, 0.25) is 0 Å². The zero-order valence-electron chi connectivity index (χ0n) is 18.2. The highest BCUT2D eigenvalue weighted by atomic mass is 35.5. The number of nitrogens with one attached hydrogen (secondary N) is 1. The van der Waals surface area contributed by atoms with E-state index in [0.717, 1.165) is 11.1 Å². The molecule has 2 heterocycles. The number of rotatable bonds is 5. The molecule has 0 atom stereocenters. The molecule has 9 heteroatoms. The third-order valence-electron chi connectivity index (χ3n) is 5.72. The lowest BCUT2D eigenvalue weighted by atomic mass is 9.96. The van der Waals surface area contributed by atoms with Gasteiger partial charge in [-0.3, -0.25) is 4.79 Å². The van der Waals surface area contributed by atoms with Gasteiger partial charge in [0, 0.05) is 15.6 Å². The average molecular weight is 502 g/mol. The second kappa shape index (κ2) is 9.26. The summed E-state index contributed by atoms with van der Waals surface area (Å²) in [6, 6.07) is 23.4. The van der Waals surface area contributed by atoms with Gasteiger partial charge in [0.15, 0.2) is 5.65 Å². The van der Waals surface area contributed by atoms with Gasteiger partial charge in [0.1, 0.15) is 0 Å². The molecule has 0 aliphatic heterocycles. The van der Waals surface area contributed by atoms with Gasteiger partial charge in [-0.05, 0) is 46.5 Å². The summed E-state index contributed by atoms with van der Waals surface area (Å²) >= 11 is 12.2. The lowest BCUT2D eigenvalue weighted by molar-refractivity contribution is 0.587. The fourth-order valence-corrected chi connectivity index (χ4v) is 4.31. The van der Waals surface area contributed by atoms with Crippen LogP contribution in [-0.4, -0.2) is 19.4 Å². The maximum atomic E-state index is 14.0. The Bertz CT molecular complexity index is 1690. The third-order valence-corrected chi connectivity index (χ3v) is 6.22. The number of nitrogens with zero attached hydrogens (tertiary/aromatic N) is 4. The van der Waals surface area contributed by atoms with E-state index in [0.29, 0.717) is 44.4 Å². The molecular formula is C26H17Cl2N5O2. The highest BCUT2D eigenvalue weighted by molar-refractivity contribution is 6.31. The van der Waals surface area contributed by atoms with Crippen LogP contribution in [0.5, 0.6) is 0 Å². The van der Waals surface area contributed by atoms with Crippen LogP contribution in [0.4, 0.5) is 0 Å². The smallest absolute Gasteiger partial charge is 0.267 e. The summed E-state index contributed by atoms with van der Waals surface area (Å²) in [5, 5.41) is 16.8. The maximum absolute atomic E-state index is 14.0. The number of nitriles is 1. The van der Waals surface area contributed by atoms with Gasteiger partial charge in [-0.2, -0.15) is 14.9 Å². The number of hydrogen-bond acceptors (Lipinski definition) is 4. The van der Waals surface area contributed by atoms with E-state index in [4.69, 9.17) is 28.5 Å². The summed E-state index contributed by atoms with van der Waals surface area (Å²) in [6.45, 7) is 0.128. The first kappa shape index (κ1) is 22.7. The van der Waals surface area contributed by atoms with E-state index in [9.17, 15) is 9.59 Å². The largest absolute Gasteiger partial charge is 0.363 e. The molecule has 0 aliphatic carbocycles. The molecule has 5 rings (SSSR count). The highest BCUT2D eigenvalue weighted by Crippen LogP contribution is 2.33. The average Bonchev–Trinajstić information content (AvgIpc) is 3.24. The molecule has 0 bridgehead atoms. The Morgan fingerprint density at radius 2 is 1.34 bits per heavy atom. The van der Waals surface area contributed by atoms with Crippen molar-refractivity contribution in [3.8, 4) is 28.3 Å². The van der Waals surface area contributed by atoms with E-state index >= 15 is 0 Å². The van der Waals surface area contributed by atoms with Crippen molar-refractivity contribution in [2.75, 3.05) is 0 Å². The third kappa shape index (κ3) is 4.26. The van der Waals surface area contributed by atoms with Crippen LogP contribution in [0.15, 0.2) is 82.4 Å². The summed E-state index contributed by atoms with van der Waals surface area (Å²) in [4.78, 5) is 26.8. The Labute approximate surface area is 209 Å². The molecule has 2 aromatic heterocycles. The molecule has 35 heavy (non-hydrogen) atoms. The summed E-state index contributed by atoms with van der Waals surface area (Å²) < 4.78 is 2.62. The number of halogens is 2. The number of benzene rings is 3. The van der Waals surface area contributed by atoms with E-state index in [1.165, 1.54) is 9.20 Å². The number of aromatic amines is 1. The summed E-state index contributed by atoms with van der Waals surface area (Å²) in [7, 11) is 0. The minimum atomic E-state index is -0.531. The van der Waals surface area contributed by atoms with Crippen molar-refractivity contribution in [1.29, 1.82) is 5.26 Å². The molecule has 172 valence electrons. The molecule has 1 N–H and O–H groups in total. The van der Waals surface area contributed by atoms with Gasteiger partial charge in [0.05, 0.1) is 24.6 Å². The molecule has 0 fully saturated rings.